The van der Waals surface area contributed by atoms with Crippen LogP contribution in [-0.2, 0) is 9.59 Å². The maximum Gasteiger partial charge on any atom is 0.265 e. The normalized spacial score (nSPS) is 19.8. The van der Waals surface area contributed by atoms with Gasteiger partial charge < -0.3 is 0 Å². The Hall–Kier alpha value is -1.82. The van der Waals surface area contributed by atoms with Gasteiger partial charge in [-0.3, -0.25) is 24.4 Å². The van der Waals surface area contributed by atoms with E-state index < -0.39 is 0 Å². The summed E-state index contributed by atoms with van der Waals surface area (Å²) in [6, 6.07) is 0. The third-order valence-corrected chi connectivity index (χ3v) is 3.55. The fraction of sp³-hybridized carbons (Fsp3) is 0.385. The Bertz CT molecular complexity index is 506. The van der Waals surface area contributed by atoms with E-state index in [0.717, 1.165) is 0 Å². The molecular formula is C13H15N3O2S. The molecule has 0 N–H and O–H groups in total. The van der Waals surface area contributed by atoms with Gasteiger partial charge in [-0.25, -0.2) is 0 Å². The van der Waals surface area contributed by atoms with Gasteiger partial charge in [-0.1, -0.05) is 0 Å². The molecule has 6 heteroatoms. The SMILES string of the molecule is CCN1C(=O)C(=C2C=CN=CC2)C(=O)N(CC)C1=S. The molecule has 0 unspecified atom stereocenters. The number of aliphatic imine (C=N–C) groups is 1. The molecule has 0 aromatic carbocycles. The van der Waals surface area contributed by atoms with Crippen LogP contribution in [0, 0.1) is 0 Å². The van der Waals surface area contributed by atoms with Crippen molar-refractivity contribution in [3.05, 3.63) is 23.4 Å². The standard InChI is InChI=1S/C13H15N3O2S/c1-3-15-11(17)10(9-5-7-14-8-6-9)12(18)16(4-2)13(15)19/h5,7-8H,3-4,6H2,1-2H3. The maximum atomic E-state index is 12.4. The predicted molar refractivity (Wildman–Crippen MR) is 76.6 cm³/mol. The lowest BCUT2D eigenvalue weighted by Gasteiger charge is -2.36. The highest BCUT2D eigenvalue weighted by molar-refractivity contribution is 7.80. The van der Waals surface area contributed by atoms with Crippen molar-refractivity contribution in [1.29, 1.82) is 0 Å². The van der Waals surface area contributed by atoms with Crippen LogP contribution in [0.3, 0.4) is 0 Å². The van der Waals surface area contributed by atoms with Crippen LogP contribution in [0.5, 0.6) is 0 Å². The highest BCUT2D eigenvalue weighted by atomic mass is 32.1. The Morgan fingerprint density at radius 3 is 2.21 bits per heavy atom. The van der Waals surface area contributed by atoms with Gasteiger partial charge in [0.05, 0.1) is 0 Å². The van der Waals surface area contributed by atoms with Crippen LogP contribution in [0.15, 0.2) is 28.4 Å². The van der Waals surface area contributed by atoms with Gasteiger partial charge in [-0.05, 0) is 37.7 Å². The van der Waals surface area contributed by atoms with Crippen molar-refractivity contribution in [2.75, 3.05) is 13.1 Å². The fourth-order valence-corrected chi connectivity index (χ4v) is 2.54. The summed E-state index contributed by atoms with van der Waals surface area (Å²) in [5.74, 6) is -0.616. The number of likely N-dealkylation sites (N-methyl/N-ethyl adjacent to an activating group) is 2. The summed E-state index contributed by atoms with van der Waals surface area (Å²) in [6.45, 7) is 4.59. The molecule has 0 aliphatic carbocycles. The Balaban J connectivity index is 2.50. The molecule has 0 radical (unpaired) electrons. The predicted octanol–water partition coefficient (Wildman–Crippen LogP) is 1.27. The first-order valence-corrected chi connectivity index (χ1v) is 6.61. The Kier molecular flexibility index (Phi) is 3.90. The minimum Gasteiger partial charge on any atom is -0.285 e. The first-order valence-electron chi connectivity index (χ1n) is 6.20. The molecule has 1 fully saturated rings. The van der Waals surface area contributed by atoms with Gasteiger partial charge in [0.2, 0.25) is 0 Å². The zero-order valence-corrected chi connectivity index (χ0v) is 11.7. The average molecular weight is 277 g/mol. The van der Waals surface area contributed by atoms with Crippen molar-refractivity contribution >= 4 is 35.4 Å². The van der Waals surface area contributed by atoms with Gasteiger partial charge in [0.15, 0.2) is 5.11 Å². The molecule has 2 rings (SSSR count). The van der Waals surface area contributed by atoms with E-state index in [2.05, 4.69) is 4.99 Å². The molecule has 0 spiro atoms. The van der Waals surface area contributed by atoms with Gasteiger partial charge in [0.1, 0.15) is 5.57 Å². The summed E-state index contributed by atoms with van der Waals surface area (Å²) in [7, 11) is 0. The van der Waals surface area contributed by atoms with E-state index in [1.807, 2.05) is 13.8 Å². The first-order chi connectivity index (χ1) is 9.11. The monoisotopic (exact) mass is 277 g/mol. The molecule has 2 aliphatic rings. The Labute approximate surface area is 117 Å². The minimum absolute atomic E-state index is 0.208. The lowest BCUT2D eigenvalue weighted by molar-refractivity contribution is -0.133. The van der Waals surface area contributed by atoms with Crippen molar-refractivity contribution in [2.24, 2.45) is 4.99 Å². The number of hydrogen-bond donors (Lipinski definition) is 0. The molecule has 0 aromatic heterocycles. The van der Waals surface area contributed by atoms with E-state index in [9.17, 15) is 9.59 Å². The minimum atomic E-state index is -0.308. The van der Waals surface area contributed by atoms with Crippen molar-refractivity contribution in [3.8, 4) is 0 Å². The van der Waals surface area contributed by atoms with E-state index in [0.29, 0.717) is 25.1 Å². The molecule has 0 atom stereocenters. The summed E-state index contributed by atoms with van der Waals surface area (Å²) in [4.78, 5) is 31.7. The number of carbonyl (C=O) groups is 2. The van der Waals surface area contributed by atoms with E-state index in [1.165, 1.54) is 9.80 Å². The number of hydrogen-bond acceptors (Lipinski definition) is 4. The average Bonchev–Trinajstić information content (AvgIpc) is 2.41. The van der Waals surface area contributed by atoms with Crippen LogP contribution in [-0.4, -0.2) is 46.0 Å². The number of nitrogens with zero attached hydrogens (tertiary/aromatic N) is 3. The number of allylic oxidation sites excluding steroid dienone is 2. The molecule has 0 bridgehead atoms. The molecule has 0 saturated carbocycles. The molecular weight excluding hydrogens is 262 g/mol. The van der Waals surface area contributed by atoms with E-state index in [4.69, 9.17) is 12.2 Å². The summed E-state index contributed by atoms with van der Waals surface area (Å²) >= 11 is 5.20. The molecule has 2 aliphatic heterocycles. The van der Waals surface area contributed by atoms with E-state index >= 15 is 0 Å². The fourth-order valence-electron chi connectivity index (χ4n) is 2.11. The molecule has 0 aromatic rings. The van der Waals surface area contributed by atoms with Crippen LogP contribution in [0.4, 0.5) is 0 Å². The molecule has 2 amide bonds. The van der Waals surface area contributed by atoms with E-state index in [-0.39, 0.29) is 22.5 Å². The smallest absolute Gasteiger partial charge is 0.265 e. The topological polar surface area (TPSA) is 53.0 Å². The summed E-state index contributed by atoms with van der Waals surface area (Å²) in [5.41, 5.74) is 0.907. The number of carbonyl (C=O) groups excluding carboxylic acids is 2. The Morgan fingerprint density at radius 1 is 1.21 bits per heavy atom. The maximum absolute atomic E-state index is 12.4. The van der Waals surface area contributed by atoms with Crippen LogP contribution in [0.1, 0.15) is 20.3 Å². The van der Waals surface area contributed by atoms with E-state index in [1.54, 1.807) is 18.5 Å². The molecule has 1 saturated heterocycles. The second kappa shape index (κ2) is 5.44. The zero-order chi connectivity index (χ0) is 14.0. The molecule has 2 heterocycles. The van der Waals surface area contributed by atoms with Gasteiger partial charge in [0.25, 0.3) is 11.8 Å². The largest absolute Gasteiger partial charge is 0.285 e. The van der Waals surface area contributed by atoms with Crippen molar-refractivity contribution < 1.29 is 9.59 Å². The van der Waals surface area contributed by atoms with Crippen molar-refractivity contribution in [1.82, 2.24) is 9.80 Å². The summed E-state index contributed by atoms with van der Waals surface area (Å²) in [5, 5.41) is 0.290. The molecule has 19 heavy (non-hydrogen) atoms. The first kappa shape index (κ1) is 13.6. The third kappa shape index (κ3) is 2.23. The van der Waals surface area contributed by atoms with Gasteiger partial charge in [0, 0.05) is 31.9 Å². The number of amides is 2. The third-order valence-electron chi connectivity index (χ3n) is 3.11. The quantitative estimate of drug-likeness (QED) is 0.434. The lowest BCUT2D eigenvalue weighted by Crippen LogP contribution is -2.56. The van der Waals surface area contributed by atoms with Crippen molar-refractivity contribution in [2.45, 2.75) is 20.3 Å². The van der Waals surface area contributed by atoms with Gasteiger partial charge in [-0.2, -0.15) is 0 Å². The van der Waals surface area contributed by atoms with Crippen LogP contribution in [0.2, 0.25) is 0 Å². The Morgan fingerprint density at radius 2 is 1.79 bits per heavy atom. The summed E-state index contributed by atoms with van der Waals surface area (Å²) < 4.78 is 0. The van der Waals surface area contributed by atoms with Crippen molar-refractivity contribution in [3.63, 3.8) is 0 Å². The number of thiocarbonyl (C=S) groups is 1. The second-order valence-corrected chi connectivity index (χ2v) is 4.50. The van der Waals surface area contributed by atoms with Crippen LogP contribution >= 0.6 is 12.2 Å². The number of rotatable bonds is 2. The van der Waals surface area contributed by atoms with Gasteiger partial charge in [-0.15, -0.1) is 0 Å². The van der Waals surface area contributed by atoms with Gasteiger partial charge >= 0.3 is 0 Å². The van der Waals surface area contributed by atoms with Crippen LogP contribution < -0.4 is 0 Å². The highest BCUT2D eigenvalue weighted by Gasteiger charge is 2.39. The lowest BCUT2D eigenvalue weighted by atomic mass is 10.00. The summed E-state index contributed by atoms with van der Waals surface area (Å²) in [6.07, 6.45) is 5.47. The molecule has 100 valence electrons. The molecule has 5 nitrogen and oxygen atoms in total. The second-order valence-electron chi connectivity index (χ2n) is 4.13. The zero-order valence-electron chi connectivity index (χ0n) is 10.9. The highest BCUT2D eigenvalue weighted by Crippen LogP contribution is 2.23. The van der Waals surface area contributed by atoms with Crippen LogP contribution in [0.25, 0.3) is 0 Å².